The van der Waals surface area contributed by atoms with E-state index in [1.54, 1.807) is 6.07 Å². The number of hydrogen-bond acceptors (Lipinski definition) is 5. The van der Waals surface area contributed by atoms with Gasteiger partial charge >= 0.3 is 0 Å². The number of aromatic nitrogens is 2. The summed E-state index contributed by atoms with van der Waals surface area (Å²) in [5.41, 5.74) is 2.05. The zero-order valence-corrected chi connectivity index (χ0v) is 15.6. The first-order valence-electron chi connectivity index (χ1n) is 9.60. The van der Waals surface area contributed by atoms with E-state index in [9.17, 15) is 14.0 Å². The van der Waals surface area contributed by atoms with Crippen molar-refractivity contribution in [2.45, 2.75) is 36.8 Å². The van der Waals surface area contributed by atoms with Crippen LogP contribution in [0.5, 0.6) is 0 Å². The van der Waals surface area contributed by atoms with Gasteiger partial charge in [0.1, 0.15) is 18.8 Å². The number of carbonyl (C=O) groups is 2. The van der Waals surface area contributed by atoms with E-state index < -0.39 is 17.5 Å². The molecule has 7 nitrogen and oxygen atoms in total. The fourth-order valence-corrected chi connectivity index (χ4v) is 4.12. The smallest absolute Gasteiger partial charge is 0.254 e. The molecule has 2 atom stereocenters. The predicted octanol–water partition coefficient (Wildman–Crippen LogP) is 2.30. The fourth-order valence-electron chi connectivity index (χ4n) is 4.12. The van der Waals surface area contributed by atoms with Gasteiger partial charge in [0.15, 0.2) is 0 Å². The van der Waals surface area contributed by atoms with Gasteiger partial charge in [-0.15, -0.1) is 0 Å². The largest absolute Gasteiger partial charge is 0.328 e. The van der Waals surface area contributed by atoms with E-state index in [0.717, 1.165) is 18.4 Å². The number of halogens is 1. The van der Waals surface area contributed by atoms with Crippen molar-refractivity contribution in [3.8, 4) is 6.07 Å². The molecule has 0 unspecified atom stereocenters. The molecule has 1 spiro atoms. The van der Waals surface area contributed by atoms with E-state index in [1.807, 2.05) is 18.2 Å². The number of nitrogens with one attached hydrogen (secondary N) is 1. The molecule has 8 heteroatoms. The average molecular weight is 391 g/mol. The maximum atomic E-state index is 14.5. The Balaban J connectivity index is 1.35. The third-order valence-corrected chi connectivity index (χ3v) is 5.97. The van der Waals surface area contributed by atoms with Gasteiger partial charge in [0.25, 0.3) is 5.91 Å². The molecule has 0 radical (unpaired) electrons. The van der Waals surface area contributed by atoms with Gasteiger partial charge in [-0.25, -0.2) is 14.4 Å². The highest BCUT2D eigenvalue weighted by Crippen LogP contribution is 2.55. The second-order valence-corrected chi connectivity index (χ2v) is 8.02. The predicted molar refractivity (Wildman–Crippen MR) is 101 cm³/mol. The molecule has 3 aliphatic rings. The van der Waals surface area contributed by atoms with E-state index in [-0.39, 0.29) is 30.5 Å². The molecule has 0 saturated heterocycles. The maximum Gasteiger partial charge on any atom is 0.254 e. The quantitative estimate of drug-likeness (QED) is 0.862. The molecular weight excluding hydrogens is 373 g/mol. The van der Waals surface area contributed by atoms with Gasteiger partial charge in [0.05, 0.1) is 18.0 Å². The first-order valence-corrected chi connectivity index (χ1v) is 9.60. The van der Waals surface area contributed by atoms with Crippen molar-refractivity contribution in [3.05, 3.63) is 52.8 Å². The highest BCUT2D eigenvalue weighted by atomic mass is 19.1. The summed E-state index contributed by atoms with van der Waals surface area (Å²) in [5.74, 6) is -0.145. The summed E-state index contributed by atoms with van der Waals surface area (Å²) in [6.45, 7) is -0.0176. The molecule has 2 aromatic rings. The highest BCUT2D eigenvalue weighted by Gasteiger charge is 2.61. The van der Waals surface area contributed by atoms with Gasteiger partial charge in [-0.3, -0.25) is 14.9 Å². The van der Waals surface area contributed by atoms with Crippen LogP contribution in [0, 0.1) is 11.3 Å². The SMILES string of the molecule is N#Cc1cnc(NC(=O)CN2C[C@]3(C[C@@H]3F)c3cc(C4CC4)ccc3C2=O)nc1. The first kappa shape index (κ1) is 17.7. The van der Waals surface area contributed by atoms with Crippen molar-refractivity contribution in [2.75, 3.05) is 18.4 Å². The number of carbonyl (C=O) groups excluding carboxylic acids is 2. The molecule has 146 valence electrons. The number of anilines is 1. The molecule has 2 saturated carbocycles. The molecule has 5 rings (SSSR count). The number of hydrogen-bond donors (Lipinski definition) is 1. The Morgan fingerprint density at radius 3 is 2.69 bits per heavy atom. The van der Waals surface area contributed by atoms with Crippen molar-refractivity contribution in [3.63, 3.8) is 0 Å². The lowest BCUT2D eigenvalue weighted by Gasteiger charge is -2.34. The molecular formula is C21H18FN5O2. The normalized spacial score (nSPS) is 24.8. The van der Waals surface area contributed by atoms with Gasteiger partial charge in [-0.1, -0.05) is 12.1 Å². The van der Waals surface area contributed by atoms with Crippen LogP contribution in [0.15, 0.2) is 30.6 Å². The van der Waals surface area contributed by atoms with Crippen LogP contribution in [0.2, 0.25) is 0 Å². The lowest BCUT2D eigenvalue weighted by Crippen LogP contribution is -2.47. The Morgan fingerprint density at radius 1 is 1.34 bits per heavy atom. The number of benzene rings is 1. The van der Waals surface area contributed by atoms with Crippen molar-refractivity contribution >= 4 is 17.8 Å². The lowest BCUT2D eigenvalue weighted by atomic mass is 9.84. The number of alkyl halides is 1. The molecule has 1 aliphatic heterocycles. The summed E-state index contributed by atoms with van der Waals surface area (Å²) in [6, 6.07) is 7.64. The summed E-state index contributed by atoms with van der Waals surface area (Å²) < 4.78 is 14.5. The van der Waals surface area contributed by atoms with Gasteiger partial charge in [-0.05, 0) is 42.4 Å². The van der Waals surface area contributed by atoms with Crippen LogP contribution < -0.4 is 5.32 Å². The van der Waals surface area contributed by atoms with Crippen molar-refractivity contribution in [1.29, 1.82) is 5.26 Å². The van der Waals surface area contributed by atoms with E-state index >= 15 is 0 Å². The van der Waals surface area contributed by atoms with Crippen LogP contribution in [0.3, 0.4) is 0 Å². The third-order valence-electron chi connectivity index (χ3n) is 5.97. The third kappa shape index (κ3) is 3.03. The van der Waals surface area contributed by atoms with Gasteiger partial charge < -0.3 is 4.90 Å². The Morgan fingerprint density at radius 2 is 2.07 bits per heavy atom. The topological polar surface area (TPSA) is 99.0 Å². The van der Waals surface area contributed by atoms with Crippen LogP contribution in [-0.2, 0) is 10.2 Å². The molecule has 1 aromatic heterocycles. The fraction of sp³-hybridized carbons (Fsp3) is 0.381. The number of nitrogens with zero attached hydrogens (tertiary/aromatic N) is 4. The standard InChI is InChI=1S/C21H18FN5O2/c22-17-6-21(17)11-27(10-18(28)26-20-24-8-12(7-23)9-25-20)19(29)15-4-3-14(5-16(15)21)13-1-2-13/h3-5,8-9,13,17H,1-2,6,10-11H2,(H,24,25,26,28)/t17-,21+/m0/s1. The number of fused-ring (bicyclic) bond motifs is 2. The summed E-state index contributed by atoms with van der Waals surface area (Å²) in [5, 5.41) is 11.3. The van der Waals surface area contributed by atoms with Crippen molar-refractivity contribution in [1.82, 2.24) is 14.9 Å². The number of nitriles is 1. The van der Waals surface area contributed by atoms with Crippen LogP contribution in [-0.4, -0.2) is 45.9 Å². The molecule has 2 heterocycles. The van der Waals surface area contributed by atoms with Crippen LogP contribution in [0.25, 0.3) is 0 Å². The van der Waals surface area contributed by atoms with E-state index in [4.69, 9.17) is 5.26 Å². The van der Waals surface area contributed by atoms with Crippen molar-refractivity contribution in [2.24, 2.45) is 0 Å². The van der Waals surface area contributed by atoms with E-state index in [2.05, 4.69) is 15.3 Å². The zero-order chi connectivity index (χ0) is 20.2. The lowest BCUT2D eigenvalue weighted by molar-refractivity contribution is -0.117. The van der Waals surface area contributed by atoms with Crippen LogP contribution >= 0.6 is 0 Å². The first-order chi connectivity index (χ1) is 14.0. The minimum Gasteiger partial charge on any atom is -0.328 e. The molecule has 1 N–H and O–H groups in total. The van der Waals surface area contributed by atoms with Gasteiger partial charge in [0.2, 0.25) is 11.9 Å². The van der Waals surface area contributed by atoms with E-state index in [0.29, 0.717) is 17.9 Å². The Hall–Kier alpha value is -3.34. The van der Waals surface area contributed by atoms with Crippen molar-refractivity contribution < 1.29 is 14.0 Å². The minimum absolute atomic E-state index is 0.0532. The van der Waals surface area contributed by atoms with Crippen LogP contribution in [0.4, 0.5) is 10.3 Å². The minimum atomic E-state index is -1.00. The van der Waals surface area contributed by atoms with Gasteiger partial charge in [0, 0.05) is 17.5 Å². The average Bonchev–Trinajstić information content (AvgIpc) is 3.64. The molecule has 2 aliphatic carbocycles. The monoisotopic (exact) mass is 391 g/mol. The van der Waals surface area contributed by atoms with Gasteiger partial charge in [-0.2, -0.15) is 5.26 Å². The number of rotatable bonds is 4. The summed E-state index contributed by atoms with van der Waals surface area (Å²) in [4.78, 5) is 34.6. The summed E-state index contributed by atoms with van der Waals surface area (Å²) in [7, 11) is 0. The zero-order valence-electron chi connectivity index (χ0n) is 15.6. The molecule has 29 heavy (non-hydrogen) atoms. The molecule has 0 bridgehead atoms. The van der Waals surface area contributed by atoms with Crippen LogP contribution in [0.1, 0.15) is 52.2 Å². The summed E-state index contributed by atoms with van der Waals surface area (Å²) >= 11 is 0. The summed E-state index contributed by atoms with van der Waals surface area (Å²) in [6.07, 6.45) is 4.25. The number of amides is 2. The second kappa shape index (κ2) is 6.34. The highest BCUT2D eigenvalue weighted by molar-refractivity contribution is 6.01. The molecule has 2 amide bonds. The second-order valence-electron chi connectivity index (χ2n) is 8.02. The maximum absolute atomic E-state index is 14.5. The Kier molecular flexibility index (Phi) is 3.88. The Bertz CT molecular complexity index is 1060. The molecule has 2 fully saturated rings. The van der Waals surface area contributed by atoms with E-state index in [1.165, 1.54) is 22.9 Å². The molecule has 1 aromatic carbocycles. The Labute approximate surface area is 166 Å².